The second-order valence-corrected chi connectivity index (χ2v) is 8.85. The maximum Gasteiger partial charge on any atom is 0.408 e. The molecule has 1 heterocycles. The van der Waals surface area contributed by atoms with E-state index in [1.807, 2.05) is 42.5 Å². The van der Waals surface area contributed by atoms with Gasteiger partial charge in [0.05, 0.1) is 5.56 Å². The molecule has 1 aromatic heterocycles. The van der Waals surface area contributed by atoms with Gasteiger partial charge in [0.15, 0.2) is 5.78 Å². The molecule has 33 heavy (non-hydrogen) atoms. The van der Waals surface area contributed by atoms with Gasteiger partial charge in [-0.15, -0.1) is 4.73 Å². The Balaban J connectivity index is 1.91. The number of allylic oxidation sites excluding steroid dienone is 3. The molecule has 0 fully saturated rings. The molecular formula is C25H30N2O6. The second-order valence-electron chi connectivity index (χ2n) is 8.85. The van der Waals surface area contributed by atoms with Gasteiger partial charge in [-0.3, -0.25) is 4.79 Å². The molecule has 176 valence electrons. The number of nitrogens with one attached hydrogen (secondary N) is 1. The van der Waals surface area contributed by atoms with Crippen molar-refractivity contribution < 1.29 is 29.4 Å². The molecule has 3 N–H and O–H groups in total. The zero-order chi connectivity index (χ0) is 24.2. The molecule has 3 rings (SSSR count). The number of benzene rings is 1. The van der Waals surface area contributed by atoms with Crippen LogP contribution in [0.2, 0.25) is 0 Å². The number of Topliss-reactive ketones (excluding diaryl/α,β-unsaturated/α-hetero) is 1. The Morgan fingerprint density at radius 3 is 2.45 bits per heavy atom. The van der Waals surface area contributed by atoms with Crippen molar-refractivity contribution in [3.63, 3.8) is 0 Å². The van der Waals surface area contributed by atoms with Crippen molar-refractivity contribution >= 4 is 11.9 Å². The third kappa shape index (κ3) is 5.77. The minimum absolute atomic E-state index is 0.0687. The summed E-state index contributed by atoms with van der Waals surface area (Å²) in [6, 6.07) is 8.14. The maximum absolute atomic E-state index is 13.6. The van der Waals surface area contributed by atoms with Crippen LogP contribution in [0.25, 0.3) is 0 Å². The molecule has 0 bridgehead atoms. The first-order valence-electron chi connectivity index (χ1n) is 10.8. The molecular weight excluding hydrogens is 424 g/mol. The van der Waals surface area contributed by atoms with Gasteiger partial charge in [0.2, 0.25) is 11.8 Å². The first-order chi connectivity index (χ1) is 15.6. The summed E-state index contributed by atoms with van der Waals surface area (Å²) in [7, 11) is 0. The van der Waals surface area contributed by atoms with E-state index >= 15 is 0 Å². The van der Waals surface area contributed by atoms with Crippen molar-refractivity contribution in [1.82, 2.24) is 10.0 Å². The molecule has 8 heteroatoms. The smallest absolute Gasteiger partial charge is 0.408 e. The molecule has 8 nitrogen and oxygen atoms in total. The molecule has 0 radical (unpaired) electrons. The summed E-state index contributed by atoms with van der Waals surface area (Å²) in [5, 5.41) is 24.0. The van der Waals surface area contributed by atoms with E-state index in [2.05, 4.69) is 5.32 Å². The van der Waals surface area contributed by atoms with E-state index in [0.717, 1.165) is 10.3 Å². The fourth-order valence-electron chi connectivity index (χ4n) is 3.52. The predicted molar refractivity (Wildman–Crippen MR) is 123 cm³/mol. The maximum atomic E-state index is 13.6. The summed E-state index contributed by atoms with van der Waals surface area (Å²) < 4.78 is 6.16. The minimum Gasteiger partial charge on any atom is -0.492 e. The average molecular weight is 455 g/mol. The van der Waals surface area contributed by atoms with Gasteiger partial charge in [0, 0.05) is 5.56 Å². The van der Waals surface area contributed by atoms with Gasteiger partial charge in [0.1, 0.15) is 18.2 Å². The first-order valence-corrected chi connectivity index (χ1v) is 10.8. The molecule has 0 aliphatic heterocycles. The van der Waals surface area contributed by atoms with Crippen LogP contribution in [0.4, 0.5) is 4.79 Å². The lowest BCUT2D eigenvalue weighted by molar-refractivity contribution is 0.0498. The van der Waals surface area contributed by atoms with Crippen LogP contribution in [0.15, 0.2) is 54.1 Å². The van der Waals surface area contributed by atoms with Crippen molar-refractivity contribution in [2.45, 2.75) is 58.8 Å². The van der Waals surface area contributed by atoms with E-state index in [1.165, 1.54) is 6.92 Å². The van der Waals surface area contributed by atoms with E-state index in [0.29, 0.717) is 18.4 Å². The Hall–Kier alpha value is -3.68. The zero-order valence-corrected chi connectivity index (χ0v) is 19.3. The van der Waals surface area contributed by atoms with Crippen LogP contribution in [0.1, 0.15) is 55.1 Å². The largest absolute Gasteiger partial charge is 0.492 e. The van der Waals surface area contributed by atoms with Gasteiger partial charge in [0.25, 0.3) is 0 Å². The molecule has 1 aliphatic rings. The lowest BCUT2D eigenvalue weighted by atomic mass is 9.91. The third-order valence-electron chi connectivity index (χ3n) is 5.11. The summed E-state index contributed by atoms with van der Waals surface area (Å²) >= 11 is 0. The highest BCUT2D eigenvalue weighted by Gasteiger charge is 2.34. The lowest BCUT2D eigenvalue weighted by Crippen LogP contribution is -2.45. The molecule has 0 saturated heterocycles. The fraction of sp³-hybridized carbons (Fsp3) is 0.360. The van der Waals surface area contributed by atoms with Crippen LogP contribution in [0.5, 0.6) is 11.8 Å². The van der Waals surface area contributed by atoms with Crippen LogP contribution < -0.4 is 10.2 Å². The number of hydrogen-bond acceptors (Lipinski definition) is 6. The Labute approximate surface area is 193 Å². The average Bonchev–Trinajstić information content (AvgIpc) is 2.98. The van der Waals surface area contributed by atoms with Gasteiger partial charge in [-0.25, -0.2) is 4.79 Å². The molecule has 1 aliphatic carbocycles. The van der Waals surface area contributed by atoms with Crippen LogP contribution in [0, 0.1) is 6.92 Å². The van der Waals surface area contributed by atoms with Crippen molar-refractivity contribution in [3.05, 3.63) is 70.8 Å². The number of ketones is 1. The van der Waals surface area contributed by atoms with E-state index in [1.54, 1.807) is 26.8 Å². The van der Waals surface area contributed by atoms with E-state index in [4.69, 9.17) is 9.57 Å². The van der Waals surface area contributed by atoms with Gasteiger partial charge < -0.3 is 25.1 Å². The lowest BCUT2D eigenvalue weighted by Gasteiger charge is -2.25. The SMILES string of the molecule is Cc1c(C(=O)C(NC(=O)OC(C)(C)C)C2=CC=CCC2)c(O)n(OCc2ccccc2)c1O. The van der Waals surface area contributed by atoms with Crippen molar-refractivity contribution in [1.29, 1.82) is 0 Å². The number of aromatic nitrogens is 1. The second kappa shape index (κ2) is 9.85. The zero-order valence-electron chi connectivity index (χ0n) is 19.3. The topological polar surface area (TPSA) is 110 Å². The third-order valence-corrected chi connectivity index (χ3v) is 5.11. The Morgan fingerprint density at radius 1 is 1.15 bits per heavy atom. The number of rotatable bonds is 7. The Kier molecular flexibility index (Phi) is 7.16. The molecule has 2 aromatic rings. The van der Waals surface area contributed by atoms with E-state index in [-0.39, 0.29) is 23.6 Å². The van der Waals surface area contributed by atoms with Crippen molar-refractivity contribution in [2.24, 2.45) is 0 Å². The highest BCUT2D eigenvalue weighted by atomic mass is 16.7. The summed E-state index contributed by atoms with van der Waals surface area (Å²) in [5.41, 5.74) is 0.762. The summed E-state index contributed by atoms with van der Waals surface area (Å²) in [6.45, 7) is 6.75. The minimum atomic E-state index is -1.07. The van der Waals surface area contributed by atoms with E-state index < -0.39 is 29.4 Å². The number of alkyl carbamates (subject to hydrolysis) is 1. The Bertz CT molecular complexity index is 1080. The molecule has 0 saturated carbocycles. The molecule has 0 spiro atoms. The first kappa shape index (κ1) is 24.0. The van der Waals surface area contributed by atoms with Crippen LogP contribution in [-0.4, -0.2) is 38.5 Å². The quantitative estimate of drug-likeness (QED) is 0.541. The molecule has 1 amide bonds. The number of ether oxygens (including phenoxy) is 1. The molecule has 1 atom stereocenters. The highest BCUT2D eigenvalue weighted by molar-refractivity contribution is 6.06. The fourth-order valence-corrected chi connectivity index (χ4v) is 3.52. The summed E-state index contributed by atoms with van der Waals surface area (Å²) in [5.74, 6) is -1.50. The predicted octanol–water partition coefficient (Wildman–Crippen LogP) is 4.19. The van der Waals surface area contributed by atoms with Crippen LogP contribution in [-0.2, 0) is 11.3 Å². The molecule has 1 unspecified atom stereocenters. The normalized spacial score (nSPS) is 14.4. The number of aromatic hydroxyl groups is 2. The number of nitrogens with zero attached hydrogens (tertiary/aromatic N) is 1. The van der Waals surface area contributed by atoms with Gasteiger partial charge in [-0.05, 0) is 51.7 Å². The van der Waals surface area contributed by atoms with Gasteiger partial charge in [-0.1, -0.05) is 48.6 Å². The number of carbonyl (C=O) groups is 2. The number of amides is 1. The molecule has 1 aromatic carbocycles. The van der Waals surface area contributed by atoms with Crippen LogP contribution >= 0.6 is 0 Å². The van der Waals surface area contributed by atoms with Crippen molar-refractivity contribution in [2.75, 3.05) is 0 Å². The number of carbonyl (C=O) groups excluding carboxylic acids is 2. The highest BCUT2D eigenvalue weighted by Crippen LogP contribution is 2.34. The van der Waals surface area contributed by atoms with Gasteiger partial charge in [-0.2, -0.15) is 0 Å². The van der Waals surface area contributed by atoms with Gasteiger partial charge >= 0.3 is 6.09 Å². The standard InChI is InChI=1S/C25H30N2O6/c1-16-19(23(30)27(22(16)29)32-15-17-11-7-5-8-12-17)21(28)20(18-13-9-6-10-14-18)26-24(31)33-25(2,3)4/h5-9,11-13,20,29-30H,10,14-15H2,1-4H3,(H,26,31). The summed E-state index contributed by atoms with van der Waals surface area (Å²) in [4.78, 5) is 31.6. The van der Waals surface area contributed by atoms with Crippen LogP contribution in [0.3, 0.4) is 0 Å². The Morgan fingerprint density at radius 2 is 1.85 bits per heavy atom. The number of hydrogen-bond donors (Lipinski definition) is 3. The van der Waals surface area contributed by atoms with E-state index in [9.17, 15) is 19.8 Å². The summed E-state index contributed by atoms with van der Waals surface area (Å²) in [6.07, 6.45) is 6.05. The monoisotopic (exact) mass is 454 g/mol. The van der Waals surface area contributed by atoms with Crippen molar-refractivity contribution in [3.8, 4) is 11.8 Å².